The number of hydrogen-bond donors (Lipinski definition) is 0. The van der Waals surface area contributed by atoms with Crippen LogP contribution in [0.15, 0.2) is 60.7 Å². The lowest BCUT2D eigenvalue weighted by atomic mass is 10.0. The van der Waals surface area contributed by atoms with E-state index in [4.69, 9.17) is 4.74 Å². The first-order valence-corrected chi connectivity index (χ1v) is 10.8. The van der Waals surface area contributed by atoms with Crippen LogP contribution in [-0.4, -0.2) is 59.9 Å². The van der Waals surface area contributed by atoms with Crippen LogP contribution >= 0.6 is 11.8 Å². The second-order valence-electron chi connectivity index (χ2n) is 6.78. The largest absolute Gasteiger partial charge is 0.445 e. The van der Waals surface area contributed by atoms with Gasteiger partial charge < -0.3 is 9.64 Å². The molecule has 1 heterocycles. The van der Waals surface area contributed by atoms with E-state index in [9.17, 15) is 9.59 Å². The molecule has 2 aromatic carbocycles. The van der Waals surface area contributed by atoms with Crippen molar-refractivity contribution in [2.45, 2.75) is 12.6 Å². The second-order valence-corrected chi connectivity index (χ2v) is 7.64. The number of ketones is 1. The predicted molar refractivity (Wildman–Crippen MR) is 112 cm³/mol. The third kappa shape index (κ3) is 5.36. The number of amides is 1. The van der Waals surface area contributed by atoms with E-state index in [2.05, 4.69) is 4.90 Å². The number of benzene rings is 2. The molecule has 0 spiro atoms. The van der Waals surface area contributed by atoms with Crippen LogP contribution in [0.5, 0.6) is 0 Å². The van der Waals surface area contributed by atoms with E-state index in [0.717, 1.165) is 11.1 Å². The Bertz CT molecular complexity index is 762. The SMILES string of the molecule is CSCC(=O)C(c1ccccc1)N1CCN(C(=O)OCc2ccccc2)CC1. The molecule has 148 valence electrons. The van der Waals surface area contributed by atoms with Gasteiger partial charge in [-0.1, -0.05) is 60.7 Å². The van der Waals surface area contributed by atoms with Crippen molar-refractivity contribution in [1.29, 1.82) is 0 Å². The second kappa shape index (κ2) is 10.3. The van der Waals surface area contributed by atoms with Crippen LogP contribution in [0, 0.1) is 0 Å². The van der Waals surface area contributed by atoms with E-state index >= 15 is 0 Å². The van der Waals surface area contributed by atoms with Crippen LogP contribution in [0.3, 0.4) is 0 Å². The molecule has 3 rings (SSSR count). The highest BCUT2D eigenvalue weighted by molar-refractivity contribution is 7.99. The summed E-state index contributed by atoms with van der Waals surface area (Å²) in [4.78, 5) is 29.0. The number of rotatable bonds is 7. The van der Waals surface area contributed by atoms with Gasteiger partial charge in [0.15, 0.2) is 5.78 Å². The molecule has 0 aliphatic carbocycles. The van der Waals surface area contributed by atoms with Gasteiger partial charge in [0.2, 0.25) is 0 Å². The molecule has 1 fully saturated rings. The first kappa shape index (κ1) is 20.4. The topological polar surface area (TPSA) is 49.9 Å². The summed E-state index contributed by atoms with van der Waals surface area (Å²) in [6, 6.07) is 19.3. The van der Waals surface area contributed by atoms with Gasteiger partial charge in [-0.25, -0.2) is 4.79 Å². The highest BCUT2D eigenvalue weighted by atomic mass is 32.2. The van der Waals surface area contributed by atoms with Crippen molar-refractivity contribution in [3.8, 4) is 0 Å². The zero-order valence-electron chi connectivity index (χ0n) is 16.1. The van der Waals surface area contributed by atoms with E-state index in [1.807, 2.05) is 66.9 Å². The van der Waals surface area contributed by atoms with Crippen molar-refractivity contribution in [2.24, 2.45) is 0 Å². The third-order valence-corrected chi connectivity index (χ3v) is 5.42. The molecule has 1 aliphatic rings. The first-order valence-electron chi connectivity index (χ1n) is 9.45. The lowest BCUT2D eigenvalue weighted by Crippen LogP contribution is -2.51. The lowest BCUT2D eigenvalue weighted by Gasteiger charge is -2.38. The fourth-order valence-corrected chi connectivity index (χ4v) is 3.87. The number of carbonyl (C=O) groups excluding carboxylic acids is 2. The average Bonchev–Trinajstić information content (AvgIpc) is 2.74. The number of nitrogens with zero attached hydrogens (tertiary/aromatic N) is 2. The maximum Gasteiger partial charge on any atom is 0.410 e. The number of hydrogen-bond acceptors (Lipinski definition) is 5. The van der Waals surface area contributed by atoms with Crippen molar-refractivity contribution < 1.29 is 14.3 Å². The summed E-state index contributed by atoms with van der Waals surface area (Å²) < 4.78 is 5.43. The summed E-state index contributed by atoms with van der Waals surface area (Å²) in [5, 5.41) is 0. The summed E-state index contributed by atoms with van der Waals surface area (Å²) >= 11 is 1.55. The van der Waals surface area contributed by atoms with E-state index in [1.54, 1.807) is 16.7 Å². The molecule has 1 unspecified atom stereocenters. The molecule has 0 N–H and O–H groups in total. The zero-order chi connectivity index (χ0) is 19.8. The van der Waals surface area contributed by atoms with Crippen LogP contribution in [0.25, 0.3) is 0 Å². The summed E-state index contributed by atoms with van der Waals surface area (Å²) in [5.74, 6) is 0.692. The Morgan fingerprint density at radius 2 is 1.57 bits per heavy atom. The minimum atomic E-state index is -0.296. The van der Waals surface area contributed by atoms with E-state index < -0.39 is 0 Å². The zero-order valence-corrected chi connectivity index (χ0v) is 16.9. The van der Waals surface area contributed by atoms with Gasteiger partial charge in [-0.3, -0.25) is 9.69 Å². The van der Waals surface area contributed by atoms with Gasteiger partial charge in [-0.05, 0) is 17.4 Å². The fraction of sp³-hybridized carbons (Fsp3) is 0.364. The monoisotopic (exact) mass is 398 g/mol. The highest BCUT2D eigenvalue weighted by Crippen LogP contribution is 2.24. The third-order valence-electron chi connectivity index (χ3n) is 4.85. The van der Waals surface area contributed by atoms with Crippen molar-refractivity contribution >= 4 is 23.6 Å². The predicted octanol–water partition coefficient (Wildman–Crippen LogP) is 3.61. The number of Topliss-reactive ketones (excluding diaryl/α,β-unsaturated/α-hetero) is 1. The molecular weight excluding hydrogens is 372 g/mol. The minimum Gasteiger partial charge on any atom is -0.445 e. The molecule has 5 nitrogen and oxygen atoms in total. The van der Waals surface area contributed by atoms with Gasteiger partial charge in [-0.15, -0.1) is 0 Å². The van der Waals surface area contributed by atoms with Gasteiger partial charge in [0.1, 0.15) is 6.61 Å². The Labute approximate surface area is 170 Å². The van der Waals surface area contributed by atoms with Crippen molar-refractivity contribution in [3.05, 3.63) is 71.8 Å². The van der Waals surface area contributed by atoms with Crippen molar-refractivity contribution in [2.75, 3.05) is 38.2 Å². The number of thioether (sulfide) groups is 1. The van der Waals surface area contributed by atoms with Gasteiger partial charge in [0, 0.05) is 26.2 Å². The minimum absolute atomic E-state index is 0.207. The Balaban J connectivity index is 1.57. The average molecular weight is 399 g/mol. The van der Waals surface area contributed by atoms with E-state index in [-0.39, 0.29) is 24.5 Å². The Morgan fingerprint density at radius 1 is 0.964 bits per heavy atom. The van der Waals surface area contributed by atoms with Crippen LogP contribution in [0.4, 0.5) is 4.79 Å². The summed E-state index contributed by atoms with van der Waals surface area (Å²) in [6.07, 6.45) is 1.65. The Kier molecular flexibility index (Phi) is 7.51. The van der Waals surface area contributed by atoms with Gasteiger partial charge in [0.05, 0.1) is 11.8 Å². The molecule has 1 saturated heterocycles. The van der Waals surface area contributed by atoms with Gasteiger partial charge in [-0.2, -0.15) is 11.8 Å². The van der Waals surface area contributed by atoms with Gasteiger partial charge >= 0.3 is 6.09 Å². The maximum atomic E-state index is 12.7. The number of piperazine rings is 1. The smallest absolute Gasteiger partial charge is 0.410 e. The van der Waals surface area contributed by atoms with Crippen LogP contribution in [0.1, 0.15) is 17.2 Å². The molecular formula is C22H26N2O3S. The maximum absolute atomic E-state index is 12.7. The lowest BCUT2D eigenvalue weighted by molar-refractivity contribution is -0.122. The van der Waals surface area contributed by atoms with E-state index in [1.165, 1.54) is 0 Å². The normalized spacial score (nSPS) is 15.8. The molecule has 28 heavy (non-hydrogen) atoms. The number of ether oxygens (including phenoxy) is 1. The Hall–Kier alpha value is -2.31. The highest BCUT2D eigenvalue weighted by Gasteiger charge is 2.31. The summed E-state index contributed by atoms with van der Waals surface area (Å²) in [6.45, 7) is 2.70. The van der Waals surface area contributed by atoms with Crippen molar-refractivity contribution in [1.82, 2.24) is 9.80 Å². The molecule has 2 aromatic rings. The molecule has 1 amide bonds. The van der Waals surface area contributed by atoms with Crippen molar-refractivity contribution in [3.63, 3.8) is 0 Å². The standard InChI is InChI=1S/C22H26N2O3S/c1-28-17-20(25)21(19-10-6-3-7-11-19)23-12-14-24(15-13-23)22(26)27-16-18-8-4-2-5-9-18/h2-11,21H,12-17H2,1H3. The Morgan fingerprint density at radius 3 is 2.18 bits per heavy atom. The summed E-state index contributed by atoms with van der Waals surface area (Å²) in [7, 11) is 0. The molecule has 1 aliphatic heterocycles. The first-order chi connectivity index (χ1) is 13.7. The molecule has 6 heteroatoms. The van der Waals surface area contributed by atoms with Crippen LogP contribution in [-0.2, 0) is 16.1 Å². The molecule has 0 radical (unpaired) electrons. The van der Waals surface area contributed by atoms with Gasteiger partial charge in [0.25, 0.3) is 0 Å². The summed E-state index contributed by atoms with van der Waals surface area (Å²) in [5.41, 5.74) is 1.99. The molecule has 0 bridgehead atoms. The van der Waals surface area contributed by atoms with Crippen LogP contribution in [0.2, 0.25) is 0 Å². The quantitative estimate of drug-likeness (QED) is 0.713. The number of carbonyl (C=O) groups is 2. The molecule has 0 saturated carbocycles. The van der Waals surface area contributed by atoms with E-state index in [0.29, 0.717) is 31.9 Å². The van der Waals surface area contributed by atoms with Crippen LogP contribution < -0.4 is 0 Å². The molecule has 1 atom stereocenters. The molecule has 0 aromatic heterocycles. The fourth-order valence-electron chi connectivity index (χ4n) is 3.43.